The van der Waals surface area contributed by atoms with E-state index < -0.39 is 24.0 Å². The van der Waals surface area contributed by atoms with Crippen molar-refractivity contribution in [3.63, 3.8) is 0 Å². The number of aliphatic hydroxyl groups excluding tert-OH is 1. The molecular weight excluding hydrogens is 378 g/mol. The van der Waals surface area contributed by atoms with Crippen LogP contribution in [-0.2, 0) is 14.3 Å². The van der Waals surface area contributed by atoms with E-state index in [4.69, 9.17) is 0 Å². The van der Waals surface area contributed by atoms with Gasteiger partial charge in [-0.15, -0.1) is 0 Å². The Labute approximate surface area is 184 Å². The van der Waals surface area contributed by atoms with Crippen LogP contribution in [0.1, 0.15) is 97.8 Å². The van der Waals surface area contributed by atoms with Crippen molar-refractivity contribution in [1.82, 2.24) is 5.32 Å². The van der Waals surface area contributed by atoms with Crippen LogP contribution in [0.5, 0.6) is 0 Å². The normalized spacial score (nSPS) is 13.1. The van der Waals surface area contributed by atoms with Crippen LogP contribution in [0.3, 0.4) is 0 Å². The Kier molecular flexibility index (Phi) is 17.2. The van der Waals surface area contributed by atoms with Gasteiger partial charge in [-0.1, -0.05) is 83.6 Å². The van der Waals surface area contributed by atoms with Crippen molar-refractivity contribution in [3.8, 4) is 0 Å². The molecule has 174 valence electrons. The molecule has 1 atom stereocenters. The third-order valence-corrected chi connectivity index (χ3v) is 5.34. The molecule has 0 aliphatic rings. The van der Waals surface area contributed by atoms with Crippen LogP contribution >= 0.6 is 0 Å². The number of carbonyl (C=O) groups excluding carboxylic acids is 2. The van der Waals surface area contributed by atoms with E-state index in [0.29, 0.717) is 0 Å². The molecule has 0 unspecified atom stereocenters. The van der Waals surface area contributed by atoms with Gasteiger partial charge in [0.1, 0.15) is 0 Å². The van der Waals surface area contributed by atoms with Crippen LogP contribution in [0.2, 0.25) is 0 Å². The Morgan fingerprint density at radius 1 is 0.933 bits per heavy atom. The molecule has 0 aromatic rings. The minimum absolute atomic E-state index is 0.225. The van der Waals surface area contributed by atoms with E-state index in [0.717, 1.165) is 32.1 Å². The third-order valence-electron chi connectivity index (χ3n) is 5.34. The monoisotopic (exact) mass is 423 g/mol. The highest BCUT2D eigenvalue weighted by molar-refractivity contribution is 5.87. The number of ether oxygens (including phenoxy) is 1. The number of hydrogen-bond donors (Lipinski definition) is 2. The fourth-order valence-electron chi connectivity index (χ4n) is 3.17. The number of carbonyl (C=O) groups is 2. The first-order valence-corrected chi connectivity index (χ1v) is 11.7. The van der Waals surface area contributed by atoms with Crippen LogP contribution in [-0.4, -0.2) is 36.7 Å². The minimum atomic E-state index is -0.994. The predicted molar refractivity (Wildman–Crippen MR) is 124 cm³/mol. The summed E-state index contributed by atoms with van der Waals surface area (Å²) in [5, 5.41) is 11.8. The number of methoxy groups -OCH3 is 1. The Hall–Kier alpha value is -1.62. The van der Waals surface area contributed by atoms with Crippen LogP contribution in [0.15, 0.2) is 24.3 Å². The third kappa shape index (κ3) is 14.4. The van der Waals surface area contributed by atoms with Crippen molar-refractivity contribution >= 4 is 11.9 Å². The van der Waals surface area contributed by atoms with E-state index in [1.807, 2.05) is 13.8 Å². The van der Waals surface area contributed by atoms with E-state index in [2.05, 4.69) is 41.3 Å². The summed E-state index contributed by atoms with van der Waals surface area (Å²) < 4.78 is 4.59. The molecule has 0 fully saturated rings. The van der Waals surface area contributed by atoms with E-state index in [9.17, 15) is 14.7 Å². The average molecular weight is 424 g/mol. The molecule has 5 heteroatoms. The molecular formula is C25H45NO4. The number of rotatable bonds is 18. The van der Waals surface area contributed by atoms with Crippen molar-refractivity contribution in [3.05, 3.63) is 24.3 Å². The van der Waals surface area contributed by atoms with Crippen molar-refractivity contribution < 1.29 is 19.4 Å². The lowest BCUT2D eigenvalue weighted by atomic mass is 9.85. The molecule has 0 aliphatic carbocycles. The molecule has 0 aromatic carbocycles. The van der Waals surface area contributed by atoms with E-state index in [1.54, 1.807) is 0 Å². The van der Waals surface area contributed by atoms with Crippen molar-refractivity contribution in [2.75, 3.05) is 13.7 Å². The molecule has 1 amide bonds. The lowest BCUT2D eigenvalue weighted by molar-refractivity contribution is -0.147. The van der Waals surface area contributed by atoms with Gasteiger partial charge in [-0.2, -0.15) is 0 Å². The van der Waals surface area contributed by atoms with Gasteiger partial charge in [0.05, 0.1) is 13.7 Å². The lowest BCUT2D eigenvalue weighted by Gasteiger charge is -2.25. The van der Waals surface area contributed by atoms with Gasteiger partial charge in [-0.05, 0) is 38.5 Å². The number of unbranched alkanes of at least 4 members (excludes halogenated alkanes) is 8. The van der Waals surface area contributed by atoms with E-state index in [-0.39, 0.29) is 5.91 Å². The summed E-state index contributed by atoms with van der Waals surface area (Å²) in [7, 11) is 1.24. The minimum Gasteiger partial charge on any atom is -0.467 e. The summed E-state index contributed by atoms with van der Waals surface area (Å²) in [6.07, 6.45) is 22.8. The molecule has 0 aromatic heterocycles. The smallest absolute Gasteiger partial charge is 0.330 e. The maximum absolute atomic E-state index is 12.4. The molecule has 5 nitrogen and oxygen atoms in total. The summed E-state index contributed by atoms with van der Waals surface area (Å²) >= 11 is 0. The van der Waals surface area contributed by atoms with Gasteiger partial charge < -0.3 is 15.2 Å². The number of nitrogens with one attached hydrogen (secondary N) is 1. The molecule has 0 aliphatic heterocycles. The van der Waals surface area contributed by atoms with Gasteiger partial charge in [0.2, 0.25) is 5.91 Å². The lowest BCUT2D eigenvalue weighted by Crippen LogP contribution is -2.48. The standard InChI is InChI=1S/C25H45NO4/c1-5-6-7-8-9-10-11-12-13-14-15-16-17-18-19-20-25(2,3)24(29)26-22(21-27)23(28)30-4/h9-10,12-13,22,27H,5-8,11,14-21H2,1-4H3,(H,26,29)/b10-9-,13-12-/t22-/m0/s1. The number of aliphatic hydroxyl groups is 1. The summed E-state index contributed by atoms with van der Waals surface area (Å²) in [4.78, 5) is 23.9. The molecule has 0 spiro atoms. The largest absolute Gasteiger partial charge is 0.467 e. The van der Waals surface area contributed by atoms with Crippen LogP contribution in [0.4, 0.5) is 0 Å². The van der Waals surface area contributed by atoms with Gasteiger partial charge in [0, 0.05) is 5.41 Å². The highest BCUT2D eigenvalue weighted by Gasteiger charge is 2.31. The van der Waals surface area contributed by atoms with E-state index in [1.165, 1.54) is 52.1 Å². The Morgan fingerprint density at radius 3 is 2.07 bits per heavy atom. The first-order valence-electron chi connectivity index (χ1n) is 11.7. The molecule has 0 saturated carbocycles. The number of esters is 1. The maximum atomic E-state index is 12.4. The van der Waals surface area contributed by atoms with Crippen LogP contribution in [0, 0.1) is 5.41 Å². The average Bonchev–Trinajstić information content (AvgIpc) is 2.73. The summed E-state index contributed by atoms with van der Waals surface area (Å²) in [6, 6.07) is -0.994. The molecule has 0 saturated heterocycles. The highest BCUT2D eigenvalue weighted by atomic mass is 16.5. The molecule has 0 radical (unpaired) electrons. The molecule has 0 rings (SSSR count). The molecule has 0 heterocycles. The quantitative estimate of drug-likeness (QED) is 0.174. The fraction of sp³-hybridized carbons (Fsp3) is 0.760. The zero-order valence-electron chi connectivity index (χ0n) is 19.8. The zero-order valence-corrected chi connectivity index (χ0v) is 19.8. The maximum Gasteiger partial charge on any atom is 0.330 e. The van der Waals surface area contributed by atoms with Crippen molar-refractivity contribution in [2.45, 2.75) is 104 Å². The first kappa shape index (κ1) is 28.4. The summed E-state index contributed by atoms with van der Waals surface area (Å²) in [6.45, 7) is 5.52. The highest BCUT2D eigenvalue weighted by Crippen LogP contribution is 2.24. The van der Waals surface area contributed by atoms with E-state index >= 15 is 0 Å². The molecule has 30 heavy (non-hydrogen) atoms. The van der Waals surface area contributed by atoms with Gasteiger partial charge in [-0.25, -0.2) is 4.79 Å². The van der Waals surface area contributed by atoms with Gasteiger partial charge >= 0.3 is 5.97 Å². The number of hydrogen-bond acceptors (Lipinski definition) is 4. The van der Waals surface area contributed by atoms with Gasteiger partial charge in [0.15, 0.2) is 6.04 Å². The van der Waals surface area contributed by atoms with Crippen LogP contribution in [0.25, 0.3) is 0 Å². The topological polar surface area (TPSA) is 75.6 Å². The fourth-order valence-corrected chi connectivity index (χ4v) is 3.17. The predicted octanol–water partition coefficient (Wildman–Crippen LogP) is 5.48. The SMILES string of the molecule is CCCCC/C=C\C/C=C\CCCCCCCC(C)(C)C(=O)N[C@@H](CO)C(=O)OC. The van der Waals surface area contributed by atoms with Crippen molar-refractivity contribution in [1.29, 1.82) is 0 Å². The second kappa shape index (κ2) is 18.2. The van der Waals surface area contributed by atoms with Crippen molar-refractivity contribution in [2.24, 2.45) is 5.41 Å². The number of allylic oxidation sites excluding steroid dienone is 4. The Bertz CT molecular complexity index is 511. The van der Waals surface area contributed by atoms with Gasteiger partial charge in [-0.3, -0.25) is 4.79 Å². The van der Waals surface area contributed by atoms with Gasteiger partial charge in [0.25, 0.3) is 0 Å². The Morgan fingerprint density at radius 2 is 1.50 bits per heavy atom. The van der Waals surface area contributed by atoms with Crippen LogP contribution < -0.4 is 5.32 Å². The second-order valence-electron chi connectivity index (χ2n) is 8.60. The number of amides is 1. The second-order valence-corrected chi connectivity index (χ2v) is 8.60. The molecule has 2 N–H and O–H groups in total. The first-order chi connectivity index (χ1) is 14.4. The zero-order chi connectivity index (χ0) is 22.7. The Balaban J connectivity index is 3.80. The summed E-state index contributed by atoms with van der Waals surface area (Å²) in [5.41, 5.74) is -0.575. The summed E-state index contributed by atoms with van der Waals surface area (Å²) in [5.74, 6) is -0.852. The molecule has 0 bridgehead atoms.